The van der Waals surface area contributed by atoms with Gasteiger partial charge in [0.25, 0.3) is 5.91 Å². The topological polar surface area (TPSA) is 75.4 Å². The molecule has 0 saturated carbocycles. The highest BCUT2D eigenvalue weighted by Crippen LogP contribution is 2.37. The lowest BCUT2D eigenvalue weighted by molar-refractivity contribution is -0.115. The maximum Gasteiger partial charge on any atom is 0.251 e. The number of hydrogen-bond donors (Lipinski definition) is 2. The molecule has 0 aliphatic carbocycles. The molecule has 4 rings (SSSR count). The van der Waals surface area contributed by atoms with Crippen molar-refractivity contribution in [2.45, 2.75) is 39.3 Å². The van der Waals surface area contributed by atoms with E-state index in [-0.39, 0.29) is 12.3 Å². The van der Waals surface area contributed by atoms with Crippen molar-refractivity contribution in [2.24, 2.45) is 5.73 Å². The van der Waals surface area contributed by atoms with E-state index in [1.54, 1.807) is 0 Å². The SMILES string of the molecule is CC(C)N1CCc2c(sc(NC(=O)Cc3ccc(-c4ccccc4)cc3)c2C(N)=O)C1. The van der Waals surface area contributed by atoms with Crippen molar-refractivity contribution in [3.63, 3.8) is 0 Å². The Bertz CT molecular complexity index is 1090. The summed E-state index contributed by atoms with van der Waals surface area (Å²) in [4.78, 5) is 28.4. The molecule has 0 spiro atoms. The molecule has 160 valence electrons. The largest absolute Gasteiger partial charge is 0.365 e. The zero-order chi connectivity index (χ0) is 22.0. The number of nitrogens with two attached hydrogens (primary N) is 1. The first-order valence-electron chi connectivity index (χ1n) is 10.5. The van der Waals surface area contributed by atoms with Crippen LogP contribution in [0.25, 0.3) is 11.1 Å². The molecule has 3 aromatic rings. The van der Waals surface area contributed by atoms with Crippen LogP contribution in [0.5, 0.6) is 0 Å². The van der Waals surface area contributed by atoms with Crippen molar-refractivity contribution in [1.82, 2.24) is 4.90 Å². The van der Waals surface area contributed by atoms with E-state index >= 15 is 0 Å². The Morgan fingerprint density at radius 1 is 1.06 bits per heavy atom. The third kappa shape index (κ3) is 4.70. The molecular weight excluding hydrogens is 406 g/mol. The van der Waals surface area contributed by atoms with Crippen molar-refractivity contribution >= 4 is 28.2 Å². The highest BCUT2D eigenvalue weighted by molar-refractivity contribution is 7.17. The van der Waals surface area contributed by atoms with Gasteiger partial charge in [-0.3, -0.25) is 14.5 Å². The first-order valence-corrected chi connectivity index (χ1v) is 11.4. The number of primary amides is 1. The van der Waals surface area contributed by atoms with Crippen LogP contribution in [0.2, 0.25) is 0 Å². The molecule has 0 fully saturated rings. The van der Waals surface area contributed by atoms with Crippen molar-refractivity contribution in [3.05, 3.63) is 76.2 Å². The van der Waals surface area contributed by atoms with Crippen LogP contribution in [0.1, 0.15) is 40.2 Å². The van der Waals surface area contributed by atoms with E-state index in [2.05, 4.69) is 36.2 Å². The third-order valence-electron chi connectivity index (χ3n) is 5.74. The van der Waals surface area contributed by atoms with E-state index in [9.17, 15) is 9.59 Å². The minimum Gasteiger partial charge on any atom is -0.365 e. The molecule has 6 heteroatoms. The predicted molar refractivity (Wildman–Crippen MR) is 126 cm³/mol. The van der Waals surface area contributed by atoms with Gasteiger partial charge in [0, 0.05) is 24.0 Å². The second-order valence-electron chi connectivity index (χ2n) is 8.17. The van der Waals surface area contributed by atoms with Crippen LogP contribution in [-0.4, -0.2) is 29.3 Å². The van der Waals surface area contributed by atoms with E-state index in [1.165, 1.54) is 11.3 Å². The second-order valence-corrected chi connectivity index (χ2v) is 9.28. The Labute approximate surface area is 186 Å². The van der Waals surface area contributed by atoms with Gasteiger partial charge < -0.3 is 11.1 Å². The number of amides is 2. The zero-order valence-electron chi connectivity index (χ0n) is 17.9. The van der Waals surface area contributed by atoms with Crippen LogP contribution in [0.15, 0.2) is 54.6 Å². The lowest BCUT2D eigenvalue weighted by Gasteiger charge is -2.30. The molecule has 3 N–H and O–H groups in total. The van der Waals surface area contributed by atoms with Gasteiger partial charge in [-0.15, -0.1) is 11.3 Å². The van der Waals surface area contributed by atoms with Crippen molar-refractivity contribution < 1.29 is 9.59 Å². The third-order valence-corrected chi connectivity index (χ3v) is 6.87. The van der Waals surface area contributed by atoms with Gasteiger partial charge in [-0.1, -0.05) is 54.6 Å². The van der Waals surface area contributed by atoms with Gasteiger partial charge >= 0.3 is 0 Å². The van der Waals surface area contributed by atoms with Crippen molar-refractivity contribution in [1.29, 1.82) is 0 Å². The summed E-state index contributed by atoms with van der Waals surface area (Å²) in [6, 6.07) is 18.6. The number of thiophene rings is 1. The average Bonchev–Trinajstić information content (AvgIpc) is 3.11. The van der Waals surface area contributed by atoms with E-state index in [1.807, 2.05) is 42.5 Å². The summed E-state index contributed by atoms with van der Waals surface area (Å²) in [6.45, 7) is 6.01. The van der Waals surface area contributed by atoms with Gasteiger partial charge in [0.1, 0.15) is 5.00 Å². The Balaban J connectivity index is 1.48. The minimum absolute atomic E-state index is 0.144. The van der Waals surface area contributed by atoms with E-state index < -0.39 is 5.91 Å². The molecule has 31 heavy (non-hydrogen) atoms. The number of anilines is 1. The highest BCUT2D eigenvalue weighted by Gasteiger charge is 2.28. The summed E-state index contributed by atoms with van der Waals surface area (Å²) in [5, 5.41) is 3.53. The standard InChI is InChI=1S/C25H27N3O2S/c1-16(2)28-13-12-20-21(15-28)31-25(23(20)24(26)30)27-22(29)14-17-8-10-19(11-9-17)18-6-4-3-5-7-18/h3-11,16H,12-15H2,1-2H3,(H2,26,30)(H,27,29). The molecule has 2 heterocycles. The Kier molecular flexibility index (Phi) is 6.20. The molecule has 0 unspecified atom stereocenters. The van der Waals surface area contributed by atoms with Crippen LogP contribution >= 0.6 is 11.3 Å². The normalized spacial score (nSPS) is 13.8. The van der Waals surface area contributed by atoms with Crippen LogP contribution in [0.4, 0.5) is 5.00 Å². The molecule has 0 bridgehead atoms. The fourth-order valence-corrected chi connectivity index (χ4v) is 5.31. The van der Waals surface area contributed by atoms with E-state index in [4.69, 9.17) is 5.73 Å². The molecule has 1 aliphatic heterocycles. The number of benzene rings is 2. The van der Waals surface area contributed by atoms with E-state index in [0.29, 0.717) is 16.6 Å². The Morgan fingerprint density at radius 3 is 2.39 bits per heavy atom. The quantitative estimate of drug-likeness (QED) is 0.603. The zero-order valence-corrected chi connectivity index (χ0v) is 18.7. The van der Waals surface area contributed by atoms with Gasteiger partial charge in [-0.25, -0.2) is 0 Å². The van der Waals surface area contributed by atoms with E-state index in [0.717, 1.165) is 46.6 Å². The summed E-state index contributed by atoms with van der Waals surface area (Å²) >= 11 is 1.48. The molecule has 0 atom stereocenters. The first-order chi connectivity index (χ1) is 14.9. The lowest BCUT2D eigenvalue weighted by Crippen LogP contribution is -2.35. The number of nitrogens with one attached hydrogen (secondary N) is 1. The number of carbonyl (C=O) groups excluding carboxylic acids is 2. The van der Waals surface area contributed by atoms with Crippen molar-refractivity contribution in [2.75, 3.05) is 11.9 Å². The van der Waals surface area contributed by atoms with Crippen LogP contribution < -0.4 is 11.1 Å². The predicted octanol–water partition coefficient (Wildman–Crippen LogP) is 4.46. The van der Waals surface area contributed by atoms with Crippen LogP contribution in [-0.2, 0) is 24.2 Å². The molecule has 2 aromatic carbocycles. The van der Waals surface area contributed by atoms with Gasteiger partial charge in [0.05, 0.1) is 12.0 Å². The average molecular weight is 434 g/mol. The summed E-state index contributed by atoms with van der Waals surface area (Å²) < 4.78 is 0. The fourth-order valence-electron chi connectivity index (χ4n) is 4.01. The second kappa shape index (κ2) is 9.04. The molecule has 0 saturated heterocycles. The number of fused-ring (bicyclic) bond motifs is 1. The highest BCUT2D eigenvalue weighted by atomic mass is 32.1. The number of rotatable bonds is 6. The number of carbonyl (C=O) groups is 2. The molecule has 2 amide bonds. The summed E-state index contributed by atoms with van der Waals surface area (Å²) in [5.74, 6) is -0.618. The maximum atomic E-state index is 12.7. The number of nitrogens with zero attached hydrogens (tertiary/aromatic N) is 1. The monoisotopic (exact) mass is 433 g/mol. The first kappa shape index (κ1) is 21.3. The van der Waals surface area contributed by atoms with Crippen molar-refractivity contribution in [3.8, 4) is 11.1 Å². The molecule has 0 radical (unpaired) electrons. The van der Waals surface area contributed by atoms with Gasteiger partial charge in [-0.05, 0) is 42.5 Å². The molecular formula is C25H27N3O2S. The van der Waals surface area contributed by atoms with Crippen LogP contribution in [0.3, 0.4) is 0 Å². The Morgan fingerprint density at radius 2 is 1.74 bits per heavy atom. The molecule has 1 aliphatic rings. The summed E-state index contributed by atoms with van der Waals surface area (Å²) in [7, 11) is 0. The fraction of sp³-hybridized carbons (Fsp3) is 0.280. The van der Waals surface area contributed by atoms with Gasteiger partial charge in [0.2, 0.25) is 5.91 Å². The summed E-state index contributed by atoms with van der Waals surface area (Å²) in [5.41, 5.74) is 10.3. The Hall–Kier alpha value is -2.96. The number of hydrogen-bond acceptors (Lipinski definition) is 4. The van der Waals surface area contributed by atoms with Gasteiger partial charge in [-0.2, -0.15) is 0 Å². The molecule has 1 aromatic heterocycles. The van der Waals surface area contributed by atoms with Crippen LogP contribution in [0, 0.1) is 0 Å². The summed E-state index contributed by atoms with van der Waals surface area (Å²) in [6.07, 6.45) is 1.02. The molecule has 5 nitrogen and oxygen atoms in total. The smallest absolute Gasteiger partial charge is 0.251 e. The minimum atomic E-state index is -0.474. The van der Waals surface area contributed by atoms with Gasteiger partial charge in [0.15, 0.2) is 0 Å². The lowest BCUT2D eigenvalue weighted by atomic mass is 10.0. The maximum absolute atomic E-state index is 12.7.